The molecule has 5 N–H and O–H groups in total. The van der Waals surface area contributed by atoms with E-state index in [2.05, 4.69) is 29.3 Å². The van der Waals surface area contributed by atoms with Crippen LogP contribution in [0, 0.1) is 0 Å². The summed E-state index contributed by atoms with van der Waals surface area (Å²) in [6.45, 7) is 3.74. The summed E-state index contributed by atoms with van der Waals surface area (Å²) in [5.74, 6) is -0.693. The molecule has 0 spiro atoms. The molecule has 0 saturated heterocycles. The predicted molar refractivity (Wildman–Crippen MR) is 242 cm³/mol. The zero-order valence-electron chi connectivity index (χ0n) is 38.5. The molecule has 0 aliphatic heterocycles. The maximum atomic E-state index is 14.2. The van der Waals surface area contributed by atoms with E-state index in [0.29, 0.717) is 22.4 Å². The molecule has 6 aromatic rings. The van der Waals surface area contributed by atoms with E-state index in [-0.39, 0.29) is 52.5 Å². The number of nitrogens with zero attached hydrogens (tertiary/aromatic N) is 5. The Bertz CT molecular complexity index is 2850. The quantitative estimate of drug-likeness (QED) is 0.0248. The van der Waals surface area contributed by atoms with Crippen LogP contribution in [0.2, 0.25) is 0 Å². The van der Waals surface area contributed by atoms with Gasteiger partial charge in [-0.3, -0.25) is 25.6 Å². The van der Waals surface area contributed by atoms with E-state index >= 15 is 0 Å². The highest BCUT2D eigenvalue weighted by atomic mass is 32.2. The fraction of sp³-hybridized carbons (Fsp3) is 0.239. The SMILES string of the molecule is COc1ccc(-c2nc(NS(=O)(=O)c3ccc(C(C)(C)C)cn3)c(Oc3ccccc3OC)c(OCC(COC(=O)Oc3cccc(CON(O)O)c3)OC(=O)Oc3cccc(CON(O)O)c3)n2)cc1. The van der Waals surface area contributed by atoms with Crippen LogP contribution in [0.1, 0.15) is 37.5 Å². The van der Waals surface area contributed by atoms with Crippen molar-refractivity contribution in [3.63, 3.8) is 0 Å². The maximum Gasteiger partial charge on any atom is 0.514 e. The lowest BCUT2D eigenvalue weighted by molar-refractivity contribution is -0.497. The van der Waals surface area contributed by atoms with Gasteiger partial charge in [-0.15, -0.1) is 0 Å². The number of pyridine rings is 1. The van der Waals surface area contributed by atoms with Crippen LogP contribution < -0.4 is 33.1 Å². The van der Waals surface area contributed by atoms with E-state index in [0.717, 1.165) is 5.56 Å². The average molecular weight is 1000 g/mol. The number of rotatable bonds is 22. The summed E-state index contributed by atoms with van der Waals surface area (Å²) in [5, 5.41) is 34.4. The van der Waals surface area contributed by atoms with E-state index in [1.807, 2.05) is 20.8 Å². The monoisotopic (exact) mass is 1000 g/mol. The van der Waals surface area contributed by atoms with Gasteiger partial charge in [-0.1, -0.05) is 63.2 Å². The summed E-state index contributed by atoms with van der Waals surface area (Å²) >= 11 is 0. The minimum atomic E-state index is -4.54. The lowest BCUT2D eigenvalue weighted by atomic mass is 9.88. The molecule has 376 valence electrons. The third kappa shape index (κ3) is 15.6. The zero-order chi connectivity index (χ0) is 51.1. The molecule has 2 heterocycles. The van der Waals surface area contributed by atoms with Crippen LogP contribution in [-0.2, 0) is 47.8 Å². The van der Waals surface area contributed by atoms with Crippen LogP contribution in [0.15, 0.2) is 120 Å². The van der Waals surface area contributed by atoms with E-state index in [9.17, 15) is 18.0 Å². The van der Waals surface area contributed by atoms with Crippen LogP contribution in [-0.4, -0.2) is 101 Å². The van der Waals surface area contributed by atoms with Gasteiger partial charge in [0.1, 0.15) is 30.5 Å². The molecular weight excluding hydrogens is 957 g/mol. The van der Waals surface area contributed by atoms with Gasteiger partial charge in [-0.25, -0.2) is 29.2 Å². The summed E-state index contributed by atoms with van der Waals surface area (Å²) in [7, 11) is -1.67. The van der Waals surface area contributed by atoms with Gasteiger partial charge in [0.25, 0.3) is 15.9 Å². The topological polar surface area (TPSA) is 299 Å². The van der Waals surface area contributed by atoms with Gasteiger partial charge in [0, 0.05) is 11.8 Å². The van der Waals surface area contributed by atoms with Crippen molar-refractivity contribution < 1.29 is 86.4 Å². The number of para-hydroxylation sites is 2. The van der Waals surface area contributed by atoms with Crippen LogP contribution in [0.25, 0.3) is 11.4 Å². The Morgan fingerprint density at radius 3 is 1.89 bits per heavy atom. The number of carbonyl (C=O) groups excluding carboxylic acids is 2. The minimum absolute atomic E-state index is 0.0402. The molecule has 0 bridgehead atoms. The lowest BCUT2D eigenvalue weighted by Crippen LogP contribution is -2.33. The van der Waals surface area contributed by atoms with E-state index in [1.165, 1.54) is 75.0 Å². The van der Waals surface area contributed by atoms with Crippen LogP contribution >= 0.6 is 0 Å². The first kappa shape index (κ1) is 52.6. The van der Waals surface area contributed by atoms with Gasteiger partial charge in [0.15, 0.2) is 34.3 Å². The summed E-state index contributed by atoms with van der Waals surface area (Å²) in [6.07, 6.45) is -2.72. The Balaban J connectivity index is 1.37. The fourth-order valence-corrected chi connectivity index (χ4v) is 6.96. The van der Waals surface area contributed by atoms with Crippen LogP contribution in [0.5, 0.6) is 40.4 Å². The summed E-state index contributed by atoms with van der Waals surface area (Å²) in [4.78, 5) is 49.1. The number of sulfonamides is 1. The molecule has 1 unspecified atom stereocenters. The molecule has 4 aromatic carbocycles. The summed E-state index contributed by atoms with van der Waals surface area (Å²) in [5.41, 5.74) is 1.50. The molecule has 0 saturated carbocycles. The molecule has 0 aliphatic rings. The van der Waals surface area contributed by atoms with Crippen molar-refractivity contribution >= 4 is 28.2 Å². The number of methoxy groups -OCH3 is 2. The maximum absolute atomic E-state index is 14.2. The van der Waals surface area contributed by atoms with Gasteiger partial charge in [-0.2, -0.15) is 13.4 Å². The van der Waals surface area contributed by atoms with E-state index in [4.69, 9.17) is 58.7 Å². The van der Waals surface area contributed by atoms with Gasteiger partial charge in [0.05, 0.1) is 38.2 Å². The second-order valence-corrected chi connectivity index (χ2v) is 17.3. The van der Waals surface area contributed by atoms with Crippen molar-refractivity contribution in [2.45, 2.75) is 50.5 Å². The van der Waals surface area contributed by atoms with Crippen molar-refractivity contribution in [1.82, 2.24) is 25.7 Å². The van der Waals surface area contributed by atoms with Gasteiger partial charge >= 0.3 is 12.3 Å². The molecule has 1 atom stereocenters. The standard InChI is InChI=1S/C46H48N6O18S/c1-46(2,3)32-18-21-39(47-24-32)71(59,60)50-42-40(70-38-15-7-6-14-37(38)62-5)43(49-41(48-42)31-16-19-33(61-4)20-17-31)63-27-36(69-45(54)68-35-13-9-11-30(23-35)26-66-52(57)58)28-64-44(53)67-34-12-8-10-29(22-34)25-65-51(55)56/h6-24,36,55-58H,25-28H2,1-5H3,(H,48,49,50). The Morgan fingerprint density at radius 2 is 1.32 bits per heavy atom. The van der Waals surface area contributed by atoms with Gasteiger partial charge in [0.2, 0.25) is 5.75 Å². The number of carbonyl (C=O) groups is 2. The Hall–Kier alpha value is -7.72. The van der Waals surface area contributed by atoms with E-state index < -0.39 is 69.9 Å². The molecule has 0 radical (unpaired) electrons. The smallest absolute Gasteiger partial charge is 0.497 e. The number of ether oxygens (including phenoxy) is 8. The zero-order valence-corrected chi connectivity index (χ0v) is 39.3. The first-order valence-electron chi connectivity index (χ1n) is 20.9. The third-order valence-corrected chi connectivity index (χ3v) is 10.8. The van der Waals surface area contributed by atoms with Crippen molar-refractivity contribution in [2.75, 3.05) is 32.2 Å². The molecule has 24 nitrogen and oxygen atoms in total. The van der Waals surface area contributed by atoms with Gasteiger partial charge in [-0.05, 0) is 88.8 Å². The molecule has 2 aromatic heterocycles. The first-order chi connectivity index (χ1) is 33.9. The molecule has 0 fully saturated rings. The molecule has 25 heteroatoms. The number of anilines is 1. The molecule has 0 amide bonds. The molecule has 6 rings (SSSR count). The molecule has 0 aliphatic carbocycles. The minimum Gasteiger partial charge on any atom is -0.497 e. The lowest BCUT2D eigenvalue weighted by Gasteiger charge is -2.21. The summed E-state index contributed by atoms with van der Waals surface area (Å²) in [6, 6.07) is 27.3. The Labute approximate surface area is 405 Å². The third-order valence-electron chi connectivity index (χ3n) is 9.52. The second-order valence-electron chi connectivity index (χ2n) is 15.7. The highest BCUT2D eigenvalue weighted by Gasteiger charge is 2.29. The Morgan fingerprint density at radius 1 is 0.704 bits per heavy atom. The normalized spacial score (nSPS) is 11.9. The number of hydrogen-bond acceptors (Lipinski definition) is 23. The predicted octanol–water partition coefficient (Wildman–Crippen LogP) is 7.65. The first-order valence-corrected chi connectivity index (χ1v) is 22.4. The second kappa shape index (κ2) is 24.2. The van der Waals surface area contributed by atoms with Gasteiger partial charge < -0.3 is 37.9 Å². The largest absolute Gasteiger partial charge is 0.514 e. The highest BCUT2D eigenvalue weighted by Crippen LogP contribution is 2.42. The fourth-order valence-electron chi connectivity index (χ4n) is 6.03. The highest BCUT2D eigenvalue weighted by molar-refractivity contribution is 7.92. The number of hydrogen-bond donors (Lipinski definition) is 5. The van der Waals surface area contributed by atoms with Crippen molar-refractivity contribution in [2.24, 2.45) is 0 Å². The van der Waals surface area contributed by atoms with Crippen LogP contribution in [0.4, 0.5) is 15.4 Å². The molecular formula is C46H48N6O18S. The average Bonchev–Trinajstić information content (AvgIpc) is 3.34. The summed E-state index contributed by atoms with van der Waals surface area (Å²) < 4.78 is 75.7. The Kier molecular flexibility index (Phi) is 18.0. The number of benzene rings is 4. The van der Waals surface area contributed by atoms with Crippen molar-refractivity contribution in [3.05, 3.63) is 132 Å². The van der Waals surface area contributed by atoms with Crippen LogP contribution in [0.3, 0.4) is 0 Å². The van der Waals surface area contributed by atoms with Crippen molar-refractivity contribution in [1.29, 1.82) is 0 Å². The molecule has 71 heavy (non-hydrogen) atoms. The van der Waals surface area contributed by atoms with Crippen molar-refractivity contribution in [3.8, 4) is 51.8 Å². The number of nitrogens with one attached hydrogen (secondary N) is 1. The van der Waals surface area contributed by atoms with E-state index in [1.54, 1.807) is 54.6 Å². The number of aromatic nitrogens is 3.